The van der Waals surface area contributed by atoms with E-state index in [1.54, 1.807) is 0 Å². The van der Waals surface area contributed by atoms with Gasteiger partial charge in [-0.3, -0.25) is 0 Å². The number of rotatable bonds is 0. The van der Waals surface area contributed by atoms with E-state index in [9.17, 15) is 0 Å². The molecule has 38 heavy (non-hydrogen) atoms. The van der Waals surface area contributed by atoms with E-state index in [0.717, 1.165) is 42.9 Å². The molecule has 3 aliphatic carbocycles. The van der Waals surface area contributed by atoms with Gasteiger partial charge in [0.25, 0.3) is 0 Å². The molecular weight excluding hydrogens is 480 g/mol. The normalized spacial score (nSPS) is 23.5. The third-order valence-corrected chi connectivity index (χ3v) is 6.14. The van der Waals surface area contributed by atoms with Crippen LogP contribution in [0.1, 0.15) is 25.7 Å². The van der Waals surface area contributed by atoms with Gasteiger partial charge >= 0.3 is 0 Å². The summed E-state index contributed by atoms with van der Waals surface area (Å²) in [5.41, 5.74) is 1.44. The van der Waals surface area contributed by atoms with E-state index in [-0.39, 0.29) is 12.1 Å². The van der Waals surface area contributed by atoms with Crippen LogP contribution in [0.4, 0.5) is 5.69 Å². The monoisotopic (exact) mass is 510 g/mol. The van der Waals surface area contributed by atoms with Crippen LogP contribution in [0.2, 0.25) is 0 Å². The summed E-state index contributed by atoms with van der Waals surface area (Å²) in [6.07, 6.45) is 19.0. The first-order valence-electron chi connectivity index (χ1n) is 12.9. The second-order valence-electron chi connectivity index (χ2n) is 8.79. The molecule has 0 aromatic heterocycles. The molecule has 0 saturated carbocycles. The smallest absolute Gasteiger partial charge is 0.145 e. The summed E-state index contributed by atoms with van der Waals surface area (Å²) in [6, 6.07) is 12.9. The molecule has 4 aliphatic rings. The fourth-order valence-electron chi connectivity index (χ4n) is 4.19. The van der Waals surface area contributed by atoms with Gasteiger partial charge in [-0.2, -0.15) is 9.98 Å². The molecule has 2 unspecified atom stereocenters. The molecule has 0 bridgehead atoms. The summed E-state index contributed by atoms with van der Waals surface area (Å²) in [7, 11) is 0. The van der Waals surface area contributed by atoms with Crippen LogP contribution in [-0.2, 0) is 14.2 Å². The molecule has 0 fully saturated rings. The van der Waals surface area contributed by atoms with Crippen molar-refractivity contribution < 1.29 is 18.9 Å². The SMILES string of the molecule is C1=NC2=C(C=CCC2)OCCOC2=CC=CCC2N=C=NC2CC=CC=C2OCCOc2ccccc2N=1. The predicted octanol–water partition coefficient (Wildman–Crippen LogP) is 6.09. The Morgan fingerprint density at radius 2 is 1.39 bits per heavy atom. The molecule has 0 saturated heterocycles. The Morgan fingerprint density at radius 3 is 2.16 bits per heavy atom. The molecule has 0 amide bonds. The first-order chi connectivity index (χ1) is 18.9. The van der Waals surface area contributed by atoms with Crippen LogP contribution >= 0.6 is 0 Å². The second kappa shape index (κ2) is 13.2. The Morgan fingerprint density at radius 1 is 0.711 bits per heavy atom. The van der Waals surface area contributed by atoms with Crippen LogP contribution < -0.4 is 4.74 Å². The molecule has 194 valence electrons. The van der Waals surface area contributed by atoms with Gasteiger partial charge in [-0.1, -0.05) is 42.5 Å². The van der Waals surface area contributed by atoms with Crippen LogP contribution in [0.5, 0.6) is 5.75 Å². The van der Waals surface area contributed by atoms with Gasteiger partial charge in [-0.05, 0) is 56.0 Å². The van der Waals surface area contributed by atoms with E-state index in [1.165, 1.54) is 0 Å². The number of benzene rings is 1. The van der Waals surface area contributed by atoms with Crippen LogP contribution in [0, 0.1) is 0 Å². The average molecular weight is 511 g/mol. The van der Waals surface area contributed by atoms with Crippen molar-refractivity contribution in [2.45, 2.75) is 37.8 Å². The summed E-state index contributed by atoms with van der Waals surface area (Å²) < 4.78 is 24.0. The third kappa shape index (κ3) is 6.88. The van der Waals surface area contributed by atoms with E-state index in [4.69, 9.17) is 18.9 Å². The summed E-state index contributed by atoms with van der Waals surface area (Å²) in [6.45, 7) is 1.47. The Balaban J connectivity index is 1.38. The minimum atomic E-state index is -0.179. The third-order valence-electron chi connectivity index (χ3n) is 6.14. The van der Waals surface area contributed by atoms with Gasteiger partial charge in [0.15, 0.2) is 0 Å². The highest BCUT2D eigenvalue weighted by Gasteiger charge is 2.18. The van der Waals surface area contributed by atoms with Crippen molar-refractivity contribution in [3.8, 4) is 5.75 Å². The van der Waals surface area contributed by atoms with E-state index >= 15 is 0 Å². The first kappa shape index (κ1) is 25.3. The zero-order valence-corrected chi connectivity index (χ0v) is 21.2. The summed E-state index contributed by atoms with van der Waals surface area (Å²) >= 11 is 0. The van der Waals surface area contributed by atoms with E-state index in [1.807, 2.05) is 54.6 Å². The highest BCUT2D eigenvalue weighted by atomic mass is 16.5. The van der Waals surface area contributed by atoms with Gasteiger partial charge in [0, 0.05) is 0 Å². The molecule has 1 aromatic carbocycles. The molecule has 2 atom stereocenters. The number of aliphatic imine (C=N–C) groups is 4. The van der Waals surface area contributed by atoms with Crippen LogP contribution in [-0.4, -0.2) is 50.5 Å². The first-order valence-corrected chi connectivity index (χ1v) is 12.9. The number of fused-ring (bicyclic) bond motifs is 3. The summed E-state index contributed by atoms with van der Waals surface area (Å²) in [4.78, 5) is 18.0. The van der Waals surface area contributed by atoms with Crippen LogP contribution in [0.3, 0.4) is 0 Å². The lowest BCUT2D eigenvalue weighted by atomic mass is 10.1. The molecule has 1 aliphatic heterocycles. The van der Waals surface area contributed by atoms with Crippen molar-refractivity contribution in [1.82, 2.24) is 0 Å². The van der Waals surface area contributed by atoms with Crippen molar-refractivity contribution in [3.05, 3.63) is 95.8 Å². The van der Waals surface area contributed by atoms with Gasteiger partial charge in [-0.15, -0.1) is 0 Å². The number of allylic oxidation sites excluding steroid dienone is 7. The standard InChI is InChI=1S/C30H30N4O4/c1-5-13-27-23(9-1)31-21-32-24-10-2-6-14-28(24)37-19-20-38-30-16-8-4-12-26(30)34-22-33-25-11-3-7-15-29(25)36-18-17-35-27/h1-3,5-8,11,13-16,23-24H,4,9-10,12,17-20H2. The number of nitrogens with zero attached hydrogens (tertiary/aromatic N) is 4. The van der Waals surface area contributed by atoms with Crippen LogP contribution in [0.15, 0.2) is 116 Å². The van der Waals surface area contributed by atoms with Gasteiger partial charge < -0.3 is 18.9 Å². The molecule has 1 aromatic rings. The number of ether oxygens (including phenoxy) is 4. The van der Waals surface area contributed by atoms with E-state index in [2.05, 4.69) is 50.2 Å². The van der Waals surface area contributed by atoms with E-state index in [0.29, 0.717) is 43.6 Å². The minimum Gasteiger partial charge on any atom is -0.492 e. The van der Waals surface area contributed by atoms with Crippen molar-refractivity contribution >= 4 is 17.7 Å². The van der Waals surface area contributed by atoms with Crippen molar-refractivity contribution in [2.24, 2.45) is 20.0 Å². The quantitative estimate of drug-likeness (QED) is 0.422. The average Bonchev–Trinajstić information content (AvgIpc) is 2.96. The van der Waals surface area contributed by atoms with Crippen molar-refractivity contribution in [3.63, 3.8) is 0 Å². The minimum absolute atomic E-state index is 0.173. The maximum atomic E-state index is 6.02. The lowest BCUT2D eigenvalue weighted by Gasteiger charge is -2.19. The van der Waals surface area contributed by atoms with Crippen LogP contribution in [0.25, 0.3) is 0 Å². The topological polar surface area (TPSA) is 86.4 Å². The Labute approximate surface area is 222 Å². The molecular formula is C30H30N4O4. The Bertz CT molecular complexity index is 1320. The van der Waals surface area contributed by atoms with Crippen molar-refractivity contribution in [1.29, 1.82) is 0 Å². The predicted molar refractivity (Wildman–Crippen MR) is 146 cm³/mol. The van der Waals surface area contributed by atoms with Gasteiger partial charge in [0.2, 0.25) is 0 Å². The highest BCUT2D eigenvalue weighted by Crippen LogP contribution is 2.27. The maximum Gasteiger partial charge on any atom is 0.145 e. The molecule has 0 N–H and O–H groups in total. The molecule has 8 nitrogen and oxygen atoms in total. The Hall–Kier alpha value is -4.38. The lowest BCUT2D eigenvalue weighted by molar-refractivity contribution is 0.112. The fourth-order valence-corrected chi connectivity index (χ4v) is 4.19. The zero-order valence-electron chi connectivity index (χ0n) is 21.2. The largest absolute Gasteiger partial charge is 0.492 e. The highest BCUT2D eigenvalue weighted by molar-refractivity contribution is 5.60. The lowest BCUT2D eigenvalue weighted by Crippen LogP contribution is -2.17. The van der Waals surface area contributed by atoms with Gasteiger partial charge in [-0.25, -0.2) is 9.98 Å². The van der Waals surface area contributed by atoms with E-state index < -0.39 is 0 Å². The molecule has 0 radical (unpaired) electrons. The van der Waals surface area contributed by atoms with Crippen molar-refractivity contribution in [2.75, 3.05) is 26.4 Å². The molecule has 5 rings (SSSR count). The maximum absolute atomic E-state index is 6.02. The summed E-state index contributed by atoms with van der Waals surface area (Å²) in [5.74, 6) is 2.87. The second-order valence-corrected chi connectivity index (χ2v) is 8.79. The molecule has 1 heterocycles. The number of hydrogen-bond donors (Lipinski definition) is 0. The number of para-hydroxylation sites is 2. The van der Waals surface area contributed by atoms with Gasteiger partial charge in [0.05, 0.1) is 11.7 Å². The summed E-state index contributed by atoms with van der Waals surface area (Å²) in [5, 5.41) is 0. The number of hydrogen-bond acceptors (Lipinski definition) is 8. The fraction of sp³-hybridized carbons (Fsp3) is 0.333. The van der Waals surface area contributed by atoms with Gasteiger partial charge in [0.1, 0.15) is 73.2 Å². The molecule has 0 spiro atoms. The Kier molecular flexibility index (Phi) is 8.81. The zero-order chi connectivity index (χ0) is 25.8. The molecule has 8 heteroatoms.